The van der Waals surface area contributed by atoms with Gasteiger partial charge in [-0.05, 0) is 49.1 Å². The van der Waals surface area contributed by atoms with E-state index in [1.165, 1.54) is 4.31 Å². The zero-order valence-corrected chi connectivity index (χ0v) is 19.6. The highest BCUT2D eigenvalue weighted by Gasteiger charge is 2.33. The molecule has 34 heavy (non-hydrogen) atoms. The second kappa shape index (κ2) is 10.0. The van der Waals surface area contributed by atoms with Crippen LogP contribution in [0.25, 0.3) is 0 Å². The van der Waals surface area contributed by atoms with Crippen LogP contribution < -0.4 is 5.32 Å². The summed E-state index contributed by atoms with van der Waals surface area (Å²) in [5.74, 6) is -2.80. The second-order valence-electron chi connectivity index (χ2n) is 8.52. The van der Waals surface area contributed by atoms with Crippen molar-refractivity contribution in [2.45, 2.75) is 30.7 Å². The van der Waals surface area contributed by atoms with Gasteiger partial charge < -0.3 is 5.32 Å². The minimum absolute atomic E-state index is 0.125. The minimum Gasteiger partial charge on any atom is -0.345 e. The molecule has 1 unspecified atom stereocenters. The van der Waals surface area contributed by atoms with Crippen molar-refractivity contribution in [1.82, 2.24) is 9.62 Å². The summed E-state index contributed by atoms with van der Waals surface area (Å²) in [4.78, 5) is 12.9. The van der Waals surface area contributed by atoms with Gasteiger partial charge >= 0.3 is 0 Å². The Morgan fingerprint density at radius 3 is 2.15 bits per heavy atom. The predicted octanol–water partition coefficient (Wildman–Crippen LogP) is 4.58. The number of carbonyl (C=O) groups is 1. The molecule has 0 radical (unpaired) electrons. The molecule has 1 fully saturated rings. The normalized spacial score (nSPS) is 16.2. The van der Waals surface area contributed by atoms with Crippen LogP contribution in [0.5, 0.6) is 0 Å². The van der Waals surface area contributed by atoms with Crippen molar-refractivity contribution in [1.29, 1.82) is 0 Å². The lowest BCUT2D eigenvalue weighted by molar-refractivity contribution is -0.126. The van der Waals surface area contributed by atoms with Crippen LogP contribution in [0.4, 0.5) is 8.78 Å². The van der Waals surface area contributed by atoms with Gasteiger partial charge in [-0.1, -0.05) is 60.2 Å². The first-order valence-electron chi connectivity index (χ1n) is 11.1. The SMILES string of the molecule is Cc1ccc(C(NC(=O)C2CCN(S(=O)(=O)c3ccc(F)c(F)c3)CC2)c2ccccc2)cc1. The topological polar surface area (TPSA) is 66.5 Å². The molecule has 1 aliphatic rings. The van der Waals surface area contributed by atoms with Crippen LogP contribution in [0.15, 0.2) is 77.7 Å². The van der Waals surface area contributed by atoms with Crippen molar-refractivity contribution in [3.8, 4) is 0 Å². The number of piperidine rings is 1. The van der Waals surface area contributed by atoms with Crippen molar-refractivity contribution in [2.75, 3.05) is 13.1 Å². The fourth-order valence-corrected chi connectivity index (χ4v) is 5.65. The highest BCUT2D eigenvalue weighted by atomic mass is 32.2. The number of halogens is 2. The Balaban J connectivity index is 1.45. The van der Waals surface area contributed by atoms with Gasteiger partial charge in [0.1, 0.15) is 0 Å². The van der Waals surface area contributed by atoms with Gasteiger partial charge in [0.15, 0.2) is 11.6 Å². The first-order valence-corrected chi connectivity index (χ1v) is 12.6. The molecule has 1 atom stereocenters. The Morgan fingerprint density at radius 1 is 0.912 bits per heavy atom. The molecule has 3 aromatic carbocycles. The molecule has 0 spiro atoms. The van der Waals surface area contributed by atoms with E-state index in [1.807, 2.05) is 61.5 Å². The Labute approximate surface area is 198 Å². The molecule has 178 valence electrons. The fourth-order valence-electron chi connectivity index (χ4n) is 4.17. The maximum Gasteiger partial charge on any atom is 0.243 e. The van der Waals surface area contributed by atoms with Gasteiger partial charge in [-0.25, -0.2) is 17.2 Å². The third-order valence-electron chi connectivity index (χ3n) is 6.18. The van der Waals surface area contributed by atoms with Crippen molar-refractivity contribution in [2.24, 2.45) is 5.92 Å². The number of hydrogen-bond donors (Lipinski definition) is 1. The molecule has 1 heterocycles. The summed E-state index contributed by atoms with van der Waals surface area (Å²) in [5, 5.41) is 3.14. The average Bonchev–Trinajstić information content (AvgIpc) is 2.85. The third-order valence-corrected chi connectivity index (χ3v) is 8.08. The monoisotopic (exact) mass is 484 g/mol. The molecular formula is C26H26F2N2O3S. The summed E-state index contributed by atoms with van der Waals surface area (Å²) in [7, 11) is -3.97. The molecule has 0 bridgehead atoms. The van der Waals surface area contributed by atoms with E-state index in [0.717, 1.165) is 28.8 Å². The first kappa shape index (κ1) is 24.0. The molecule has 1 saturated heterocycles. The lowest BCUT2D eigenvalue weighted by atomic mass is 9.94. The molecule has 3 aromatic rings. The number of amides is 1. The van der Waals surface area contributed by atoms with Crippen LogP contribution in [0.2, 0.25) is 0 Å². The van der Waals surface area contributed by atoms with E-state index < -0.39 is 21.7 Å². The second-order valence-corrected chi connectivity index (χ2v) is 10.5. The zero-order chi connectivity index (χ0) is 24.3. The van der Waals surface area contributed by atoms with E-state index in [0.29, 0.717) is 18.9 Å². The van der Waals surface area contributed by atoms with E-state index in [1.54, 1.807) is 0 Å². The van der Waals surface area contributed by atoms with Gasteiger partial charge in [-0.15, -0.1) is 0 Å². The number of sulfonamides is 1. The number of benzene rings is 3. The van der Waals surface area contributed by atoms with Crippen LogP contribution in [-0.4, -0.2) is 31.7 Å². The summed E-state index contributed by atoms with van der Waals surface area (Å²) >= 11 is 0. The van der Waals surface area contributed by atoms with Gasteiger partial charge in [0.25, 0.3) is 0 Å². The Kier molecular flexibility index (Phi) is 7.09. The number of hydrogen-bond acceptors (Lipinski definition) is 3. The summed E-state index contributed by atoms with van der Waals surface area (Å²) in [5.41, 5.74) is 3.04. The van der Waals surface area contributed by atoms with E-state index in [2.05, 4.69) is 5.32 Å². The summed E-state index contributed by atoms with van der Waals surface area (Å²) in [6, 6.07) is 19.9. The maximum absolute atomic E-state index is 13.6. The summed E-state index contributed by atoms with van der Waals surface area (Å²) in [6.07, 6.45) is 0.675. The van der Waals surface area contributed by atoms with Crippen LogP contribution >= 0.6 is 0 Å². The quantitative estimate of drug-likeness (QED) is 0.557. The molecular weight excluding hydrogens is 458 g/mol. The van der Waals surface area contributed by atoms with Gasteiger partial charge in [0, 0.05) is 19.0 Å². The minimum atomic E-state index is -3.97. The molecule has 1 aliphatic heterocycles. The van der Waals surface area contributed by atoms with Gasteiger partial charge in [-0.2, -0.15) is 4.31 Å². The largest absolute Gasteiger partial charge is 0.345 e. The first-order chi connectivity index (χ1) is 16.3. The number of aryl methyl sites for hydroxylation is 1. The Hall–Kier alpha value is -3.10. The Bertz CT molecular complexity index is 1260. The van der Waals surface area contributed by atoms with Crippen LogP contribution in [0, 0.1) is 24.5 Å². The van der Waals surface area contributed by atoms with Crippen LogP contribution in [0.1, 0.15) is 35.6 Å². The molecule has 1 amide bonds. The number of rotatable bonds is 6. The van der Waals surface area contributed by atoms with Gasteiger partial charge in [0.05, 0.1) is 10.9 Å². The molecule has 8 heteroatoms. The average molecular weight is 485 g/mol. The van der Waals surface area contributed by atoms with Crippen molar-refractivity contribution in [3.63, 3.8) is 0 Å². The van der Waals surface area contributed by atoms with E-state index in [9.17, 15) is 22.0 Å². The molecule has 0 aliphatic carbocycles. The molecule has 0 aromatic heterocycles. The maximum atomic E-state index is 13.6. The number of carbonyl (C=O) groups excluding carboxylic acids is 1. The highest BCUT2D eigenvalue weighted by molar-refractivity contribution is 7.89. The standard InChI is InChI=1S/C26H26F2N2O3S/c1-18-7-9-20(10-8-18)25(19-5-3-2-4-6-19)29-26(31)21-13-15-30(16-14-21)34(32,33)22-11-12-23(27)24(28)17-22/h2-12,17,21,25H,13-16H2,1H3,(H,29,31). The van der Waals surface area contributed by atoms with E-state index >= 15 is 0 Å². The fraction of sp³-hybridized carbons (Fsp3) is 0.269. The molecule has 0 saturated carbocycles. The molecule has 4 rings (SSSR count). The zero-order valence-electron chi connectivity index (χ0n) is 18.7. The molecule has 1 N–H and O–H groups in total. The predicted molar refractivity (Wildman–Crippen MR) is 125 cm³/mol. The smallest absolute Gasteiger partial charge is 0.243 e. The van der Waals surface area contributed by atoms with Crippen LogP contribution in [-0.2, 0) is 14.8 Å². The van der Waals surface area contributed by atoms with E-state index in [-0.39, 0.29) is 35.9 Å². The summed E-state index contributed by atoms with van der Waals surface area (Å²) < 4.78 is 53.7. The molecule has 5 nitrogen and oxygen atoms in total. The summed E-state index contributed by atoms with van der Waals surface area (Å²) in [6.45, 7) is 2.25. The lowest BCUT2D eigenvalue weighted by Crippen LogP contribution is -2.43. The third kappa shape index (κ3) is 5.18. The highest BCUT2D eigenvalue weighted by Crippen LogP contribution is 2.27. The van der Waals surface area contributed by atoms with Gasteiger partial charge in [-0.3, -0.25) is 4.79 Å². The number of nitrogens with one attached hydrogen (secondary N) is 1. The van der Waals surface area contributed by atoms with E-state index in [4.69, 9.17) is 0 Å². The lowest BCUT2D eigenvalue weighted by Gasteiger charge is -2.31. The van der Waals surface area contributed by atoms with Gasteiger partial charge in [0.2, 0.25) is 15.9 Å². The van der Waals surface area contributed by atoms with Crippen molar-refractivity contribution in [3.05, 3.63) is 101 Å². The Morgan fingerprint density at radius 2 is 1.53 bits per heavy atom. The van der Waals surface area contributed by atoms with Crippen molar-refractivity contribution >= 4 is 15.9 Å². The van der Waals surface area contributed by atoms with Crippen LogP contribution in [0.3, 0.4) is 0 Å². The number of nitrogens with zero attached hydrogens (tertiary/aromatic N) is 1. The van der Waals surface area contributed by atoms with Crippen molar-refractivity contribution < 1.29 is 22.0 Å².